The predicted octanol–water partition coefficient (Wildman–Crippen LogP) is 4.18. The fourth-order valence-electron chi connectivity index (χ4n) is 3.76. The van der Waals surface area contributed by atoms with Gasteiger partial charge in [-0.15, -0.1) is 0 Å². The Morgan fingerprint density at radius 2 is 1.52 bits per heavy atom. The van der Waals surface area contributed by atoms with Crippen molar-refractivity contribution < 1.29 is 19.1 Å². The number of halogens is 1. The van der Waals surface area contributed by atoms with Gasteiger partial charge in [0.15, 0.2) is 0 Å². The molecule has 0 fully saturated rings. The van der Waals surface area contributed by atoms with E-state index >= 15 is 0 Å². The molecular weight excluding hydrogens is 460 g/mol. The van der Waals surface area contributed by atoms with Crippen molar-refractivity contribution in [2.75, 3.05) is 7.11 Å². The number of aromatic nitrogens is 1. The van der Waals surface area contributed by atoms with Gasteiger partial charge in [0, 0.05) is 13.2 Å². The summed E-state index contributed by atoms with van der Waals surface area (Å²) in [4.78, 5) is 38.7. The first-order valence-corrected chi connectivity index (χ1v) is 10.4. The number of rotatable bonds is 5. The van der Waals surface area contributed by atoms with E-state index in [0.29, 0.717) is 0 Å². The molecule has 0 aliphatic heterocycles. The van der Waals surface area contributed by atoms with Crippen molar-refractivity contribution >= 4 is 33.5 Å². The number of carbonyl (C=O) groups excluding carboxylic acids is 3. The van der Waals surface area contributed by atoms with E-state index in [1.165, 1.54) is 17.9 Å². The first-order valence-electron chi connectivity index (χ1n) is 9.57. The Morgan fingerprint density at radius 3 is 2.03 bits per heavy atom. The van der Waals surface area contributed by atoms with E-state index in [9.17, 15) is 14.4 Å². The summed E-state index contributed by atoms with van der Waals surface area (Å²) < 4.78 is 6.35. The molecule has 1 heterocycles. The minimum atomic E-state index is -0.666. The van der Waals surface area contributed by atoms with Gasteiger partial charge in [0.1, 0.15) is 11.4 Å². The number of nitrogens with one attached hydrogen (secondary N) is 1. The van der Waals surface area contributed by atoms with Crippen LogP contribution in [0.5, 0.6) is 0 Å². The summed E-state index contributed by atoms with van der Waals surface area (Å²) in [6.07, 6.45) is 1.45. The number of allylic oxidation sites excluding steroid dienone is 2. The molecule has 7 heteroatoms. The summed E-state index contributed by atoms with van der Waals surface area (Å²) >= 11 is 3.30. The first kappa shape index (κ1) is 20.8. The number of methoxy groups -OCH3 is 1. The highest BCUT2D eigenvalue weighted by Crippen LogP contribution is 2.34. The van der Waals surface area contributed by atoms with Crippen LogP contribution in [-0.2, 0) is 11.8 Å². The van der Waals surface area contributed by atoms with Crippen LogP contribution in [0.25, 0.3) is 0 Å². The molecule has 1 aromatic heterocycles. The molecular formula is C24H19BrN2O4. The number of carbonyl (C=O) groups is 3. The van der Waals surface area contributed by atoms with Crippen LogP contribution >= 0.6 is 15.9 Å². The molecule has 31 heavy (non-hydrogen) atoms. The minimum Gasteiger partial charge on any atom is -0.465 e. The Balaban J connectivity index is 1.81. The number of aryl methyl sites for hydroxylation is 1. The predicted molar refractivity (Wildman–Crippen MR) is 119 cm³/mol. The van der Waals surface area contributed by atoms with E-state index in [1.807, 2.05) is 60.7 Å². The highest BCUT2D eigenvalue weighted by atomic mass is 79.9. The summed E-state index contributed by atoms with van der Waals surface area (Å²) in [5.41, 5.74) is 2.29. The topological polar surface area (TPSA) is 77.4 Å². The van der Waals surface area contributed by atoms with Gasteiger partial charge in [-0.1, -0.05) is 60.7 Å². The fraction of sp³-hybridized carbons (Fsp3) is 0.125. The molecule has 0 atom stereocenters. The van der Waals surface area contributed by atoms with Gasteiger partial charge in [-0.3, -0.25) is 9.59 Å². The van der Waals surface area contributed by atoms with Gasteiger partial charge in [0.05, 0.1) is 28.8 Å². The number of hydrogen-bond acceptors (Lipinski definition) is 5. The second-order valence-corrected chi connectivity index (χ2v) is 7.91. The van der Waals surface area contributed by atoms with Gasteiger partial charge < -0.3 is 14.6 Å². The van der Waals surface area contributed by atoms with Gasteiger partial charge in [0.2, 0.25) is 11.6 Å². The number of esters is 1. The quantitative estimate of drug-likeness (QED) is 0.556. The molecule has 0 bridgehead atoms. The normalized spacial score (nSPS) is 13.4. The lowest BCUT2D eigenvalue weighted by molar-refractivity contribution is 0.0597. The van der Waals surface area contributed by atoms with Crippen LogP contribution in [0.3, 0.4) is 0 Å². The van der Waals surface area contributed by atoms with Crippen molar-refractivity contribution in [2.24, 2.45) is 7.05 Å². The molecule has 0 radical (unpaired) electrons. The third-order valence-corrected chi connectivity index (χ3v) is 5.99. The van der Waals surface area contributed by atoms with Crippen LogP contribution in [0.1, 0.15) is 48.4 Å². The molecule has 1 N–H and O–H groups in total. The average molecular weight is 479 g/mol. The van der Waals surface area contributed by atoms with E-state index in [0.717, 1.165) is 11.1 Å². The Morgan fingerprint density at radius 1 is 0.968 bits per heavy atom. The maximum Gasteiger partial charge on any atom is 0.340 e. The lowest BCUT2D eigenvalue weighted by Gasteiger charge is -2.25. The highest BCUT2D eigenvalue weighted by Gasteiger charge is 2.38. The molecule has 1 aliphatic carbocycles. The Bertz CT molecular complexity index is 1170. The van der Waals surface area contributed by atoms with Crippen LogP contribution in [0.4, 0.5) is 0 Å². The number of ether oxygens (including phenoxy) is 1. The highest BCUT2D eigenvalue weighted by molar-refractivity contribution is 9.12. The van der Waals surface area contributed by atoms with Crippen LogP contribution in [0, 0.1) is 0 Å². The van der Waals surface area contributed by atoms with Crippen molar-refractivity contribution in [3.63, 3.8) is 0 Å². The Hall–Kier alpha value is -3.45. The van der Waals surface area contributed by atoms with Crippen LogP contribution < -0.4 is 5.32 Å². The average Bonchev–Trinajstić information content (AvgIpc) is 3.15. The molecule has 156 valence electrons. The smallest absolute Gasteiger partial charge is 0.340 e. The van der Waals surface area contributed by atoms with Crippen LogP contribution in [0.2, 0.25) is 0 Å². The number of fused-ring (bicyclic) bond motifs is 1. The minimum absolute atomic E-state index is 0.0488. The number of ketones is 2. The van der Waals surface area contributed by atoms with E-state index in [1.54, 1.807) is 7.05 Å². The van der Waals surface area contributed by atoms with E-state index < -0.39 is 11.8 Å². The molecule has 2 aromatic carbocycles. The second-order valence-electron chi connectivity index (χ2n) is 7.11. The summed E-state index contributed by atoms with van der Waals surface area (Å²) in [5.74, 6) is -1.49. The number of hydrogen-bond donors (Lipinski definition) is 1. The molecule has 0 spiro atoms. The maximum atomic E-state index is 13.4. The molecule has 0 saturated heterocycles. The summed E-state index contributed by atoms with van der Waals surface area (Å²) in [6.45, 7) is 0. The molecule has 6 nitrogen and oxygen atoms in total. The van der Waals surface area contributed by atoms with Crippen molar-refractivity contribution in [2.45, 2.75) is 6.04 Å². The molecule has 0 amide bonds. The zero-order valence-electron chi connectivity index (χ0n) is 16.9. The standard InChI is InChI=1S/C24H19BrN2O4/c1-27-13-16(24(30)31-2)17-21(27)23(29)20(18(25)22(17)28)26-19(14-9-5-3-6-10-14)15-11-7-4-8-12-15/h3-13,19,26H,1-2H3. The summed E-state index contributed by atoms with van der Waals surface area (Å²) in [5, 5.41) is 3.27. The van der Waals surface area contributed by atoms with Crippen molar-refractivity contribution in [3.05, 3.63) is 105 Å². The lowest BCUT2D eigenvalue weighted by Crippen LogP contribution is -2.33. The SMILES string of the molecule is COC(=O)c1cn(C)c2c1C(=O)C(Br)=C(NC(c1ccccc1)c1ccccc1)C2=O. The molecule has 0 unspecified atom stereocenters. The van der Waals surface area contributed by atoms with E-state index in [-0.39, 0.29) is 38.8 Å². The Kier molecular flexibility index (Phi) is 5.61. The van der Waals surface area contributed by atoms with E-state index in [2.05, 4.69) is 21.2 Å². The zero-order valence-corrected chi connectivity index (χ0v) is 18.5. The first-order chi connectivity index (χ1) is 14.9. The van der Waals surface area contributed by atoms with Crippen molar-refractivity contribution in [1.29, 1.82) is 0 Å². The lowest BCUT2D eigenvalue weighted by atomic mass is 9.93. The van der Waals surface area contributed by atoms with Crippen molar-refractivity contribution in [1.82, 2.24) is 9.88 Å². The molecule has 1 aliphatic rings. The van der Waals surface area contributed by atoms with Gasteiger partial charge in [0.25, 0.3) is 0 Å². The largest absolute Gasteiger partial charge is 0.465 e. The summed E-state index contributed by atoms with van der Waals surface area (Å²) in [7, 11) is 2.86. The maximum absolute atomic E-state index is 13.4. The molecule has 0 saturated carbocycles. The number of nitrogens with zero attached hydrogens (tertiary/aromatic N) is 1. The van der Waals surface area contributed by atoms with E-state index in [4.69, 9.17) is 4.74 Å². The summed E-state index contributed by atoms with van der Waals surface area (Å²) in [6, 6.07) is 19.0. The van der Waals surface area contributed by atoms with Crippen molar-refractivity contribution in [3.8, 4) is 0 Å². The zero-order chi connectivity index (χ0) is 22.1. The van der Waals surface area contributed by atoms with Gasteiger partial charge in [-0.05, 0) is 27.1 Å². The fourth-order valence-corrected chi connectivity index (χ4v) is 4.25. The van der Waals surface area contributed by atoms with Gasteiger partial charge in [-0.2, -0.15) is 0 Å². The molecule has 3 aromatic rings. The Labute approximate surface area is 187 Å². The molecule has 4 rings (SSSR count). The van der Waals surface area contributed by atoms with Gasteiger partial charge >= 0.3 is 5.97 Å². The number of benzene rings is 2. The third kappa shape index (κ3) is 3.61. The monoisotopic (exact) mass is 478 g/mol. The third-order valence-electron chi connectivity index (χ3n) is 5.23. The second kappa shape index (κ2) is 8.35. The number of Topliss-reactive ketones (excluding diaryl/α,β-unsaturated/α-hetero) is 2. The van der Waals surface area contributed by atoms with Crippen LogP contribution in [-0.4, -0.2) is 29.2 Å². The van der Waals surface area contributed by atoms with Crippen LogP contribution in [0.15, 0.2) is 77.0 Å². The van der Waals surface area contributed by atoms with Gasteiger partial charge in [-0.25, -0.2) is 4.79 Å².